The highest BCUT2D eigenvalue weighted by Gasteiger charge is 2.15. The molecule has 0 bridgehead atoms. The van der Waals surface area contributed by atoms with Crippen LogP contribution in [0.5, 0.6) is 0 Å². The molecular formula is C18H16N10. The molecule has 0 spiro atoms. The fourth-order valence-corrected chi connectivity index (χ4v) is 2.87. The molecule has 0 fully saturated rings. The molecule has 0 saturated heterocycles. The van der Waals surface area contributed by atoms with Crippen LogP contribution in [0.3, 0.4) is 0 Å². The number of hydrogen-bond donors (Lipinski definition) is 0. The summed E-state index contributed by atoms with van der Waals surface area (Å²) in [5.41, 5.74) is 1.77. The van der Waals surface area contributed by atoms with E-state index in [0.717, 1.165) is 11.4 Å². The summed E-state index contributed by atoms with van der Waals surface area (Å²) in [7, 11) is 0. The van der Waals surface area contributed by atoms with Crippen molar-refractivity contribution in [3.8, 4) is 0 Å². The van der Waals surface area contributed by atoms with Crippen LogP contribution in [-0.4, -0.2) is 39.6 Å². The standard InChI is InChI=1S/C18H16N10/c1-9-19-23(13-1)27(24-14-2-10-20-24)17-5-7-18(8-6-17)28(25-15-3-11-21-25)26-16-4-12-22-26/h1-16H. The van der Waals surface area contributed by atoms with Crippen LogP contribution < -0.4 is 10.2 Å². The summed E-state index contributed by atoms with van der Waals surface area (Å²) in [5, 5.41) is 21.0. The van der Waals surface area contributed by atoms with E-state index in [-0.39, 0.29) is 0 Å². The van der Waals surface area contributed by atoms with Crippen LogP contribution in [-0.2, 0) is 0 Å². The molecule has 0 aliphatic rings. The zero-order chi connectivity index (χ0) is 18.8. The van der Waals surface area contributed by atoms with E-state index in [0.29, 0.717) is 0 Å². The molecule has 0 aliphatic carbocycles. The highest BCUT2D eigenvalue weighted by atomic mass is 15.9. The predicted molar refractivity (Wildman–Crippen MR) is 102 cm³/mol. The summed E-state index contributed by atoms with van der Waals surface area (Å²) >= 11 is 0. The van der Waals surface area contributed by atoms with E-state index >= 15 is 0 Å². The van der Waals surface area contributed by atoms with Crippen molar-refractivity contribution in [1.82, 2.24) is 39.6 Å². The second-order valence-corrected chi connectivity index (χ2v) is 5.80. The Hall–Kier alpha value is -4.34. The normalized spacial score (nSPS) is 10.9. The molecule has 0 saturated carbocycles. The fourth-order valence-electron chi connectivity index (χ4n) is 2.87. The van der Waals surface area contributed by atoms with E-state index in [1.165, 1.54) is 0 Å². The van der Waals surface area contributed by atoms with Crippen molar-refractivity contribution < 1.29 is 0 Å². The zero-order valence-electron chi connectivity index (χ0n) is 14.7. The lowest BCUT2D eigenvalue weighted by Gasteiger charge is -2.26. The fraction of sp³-hybridized carbons (Fsp3) is 0. The van der Waals surface area contributed by atoms with Crippen LogP contribution in [0.1, 0.15) is 0 Å². The highest BCUT2D eigenvalue weighted by molar-refractivity contribution is 5.55. The lowest BCUT2D eigenvalue weighted by Crippen LogP contribution is -2.37. The summed E-state index contributed by atoms with van der Waals surface area (Å²) < 4.78 is 0. The van der Waals surface area contributed by atoms with Crippen molar-refractivity contribution in [3.05, 3.63) is 98.1 Å². The summed E-state index contributed by atoms with van der Waals surface area (Å²) in [6, 6.07) is 15.4. The van der Waals surface area contributed by atoms with Gasteiger partial charge in [-0.2, -0.15) is 49.8 Å². The number of aromatic nitrogens is 8. The molecule has 4 heterocycles. The Kier molecular flexibility index (Phi) is 3.83. The first-order chi connectivity index (χ1) is 13.9. The molecule has 0 unspecified atom stereocenters. The number of nitrogens with zero attached hydrogens (tertiary/aromatic N) is 10. The minimum absolute atomic E-state index is 0.886. The average Bonchev–Trinajstić information content (AvgIpc) is 3.52. The Morgan fingerprint density at radius 2 is 0.750 bits per heavy atom. The molecule has 5 aromatic rings. The summed E-state index contributed by atoms with van der Waals surface area (Å²) in [5.74, 6) is 0. The molecule has 0 aliphatic heterocycles. The van der Waals surface area contributed by atoms with Crippen LogP contribution in [0.4, 0.5) is 11.4 Å². The van der Waals surface area contributed by atoms with Gasteiger partial charge in [-0.3, -0.25) is 0 Å². The van der Waals surface area contributed by atoms with Gasteiger partial charge in [0.2, 0.25) is 0 Å². The Bertz CT molecular complexity index is 934. The maximum Gasteiger partial charge on any atom is 0.0858 e. The van der Waals surface area contributed by atoms with Gasteiger partial charge in [-0.15, -0.1) is 0 Å². The van der Waals surface area contributed by atoms with Crippen molar-refractivity contribution in [2.45, 2.75) is 0 Å². The van der Waals surface area contributed by atoms with Crippen molar-refractivity contribution in [3.63, 3.8) is 0 Å². The van der Waals surface area contributed by atoms with Gasteiger partial charge in [0, 0.05) is 0 Å². The Morgan fingerprint density at radius 3 is 0.964 bits per heavy atom. The number of benzene rings is 1. The summed E-state index contributed by atoms with van der Waals surface area (Å²) in [6.45, 7) is 0. The SMILES string of the molecule is c1cnn(N(c2ccc(N(n3cccn3)n3cccn3)cc2)n2cccn2)c1. The molecule has 0 N–H and O–H groups in total. The van der Waals surface area contributed by atoms with E-state index in [9.17, 15) is 0 Å². The van der Waals surface area contributed by atoms with Crippen LogP contribution in [0.15, 0.2) is 98.1 Å². The predicted octanol–water partition coefficient (Wildman–Crippen LogP) is 1.94. The topological polar surface area (TPSA) is 77.8 Å². The summed E-state index contributed by atoms with van der Waals surface area (Å²) in [4.78, 5) is 6.84. The third kappa shape index (κ3) is 2.78. The van der Waals surface area contributed by atoms with Gasteiger partial charge in [-0.05, 0) is 48.5 Å². The van der Waals surface area contributed by atoms with Gasteiger partial charge in [0.1, 0.15) is 0 Å². The Morgan fingerprint density at radius 1 is 0.464 bits per heavy atom. The maximum atomic E-state index is 4.33. The van der Waals surface area contributed by atoms with Crippen LogP contribution in [0.25, 0.3) is 0 Å². The van der Waals surface area contributed by atoms with E-state index in [2.05, 4.69) is 20.4 Å². The molecule has 0 radical (unpaired) electrons. The van der Waals surface area contributed by atoms with Gasteiger partial charge in [-0.25, -0.2) is 0 Å². The van der Waals surface area contributed by atoms with E-state index in [1.807, 2.05) is 83.6 Å². The van der Waals surface area contributed by atoms with Gasteiger partial charge < -0.3 is 0 Å². The quantitative estimate of drug-likeness (QED) is 0.453. The number of anilines is 2. The van der Waals surface area contributed by atoms with Crippen molar-refractivity contribution in [2.75, 3.05) is 10.2 Å². The van der Waals surface area contributed by atoms with E-state index in [4.69, 9.17) is 0 Å². The Labute approximate surface area is 159 Å². The Balaban J connectivity index is 1.54. The van der Waals surface area contributed by atoms with Gasteiger partial charge in [-0.1, -0.05) is 0 Å². The molecule has 28 heavy (non-hydrogen) atoms. The van der Waals surface area contributed by atoms with Gasteiger partial charge >= 0.3 is 0 Å². The first kappa shape index (κ1) is 15.9. The lowest BCUT2D eigenvalue weighted by atomic mass is 10.3. The third-order valence-electron chi connectivity index (χ3n) is 4.05. The molecule has 10 nitrogen and oxygen atoms in total. The monoisotopic (exact) mass is 372 g/mol. The smallest absolute Gasteiger partial charge is 0.0858 e. The highest BCUT2D eigenvalue weighted by Crippen LogP contribution is 2.22. The van der Waals surface area contributed by atoms with Crippen molar-refractivity contribution in [1.29, 1.82) is 0 Å². The molecule has 0 amide bonds. The molecule has 4 aromatic heterocycles. The molecule has 0 atom stereocenters. The zero-order valence-corrected chi connectivity index (χ0v) is 14.7. The lowest BCUT2D eigenvalue weighted by molar-refractivity contribution is 0.500. The van der Waals surface area contributed by atoms with E-state index < -0.39 is 0 Å². The van der Waals surface area contributed by atoms with Crippen LogP contribution in [0, 0.1) is 0 Å². The molecule has 1 aromatic carbocycles. The largest absolute Gasteiger partial charge is 0.159 e. The van der Waals surface area contributed by atoms with Crippen LogP contribution in [0.2, 0.25) is 0 Å². The second-order valence-electron chi connectivity index (χ2n) is 5.80. The number of rotatable bonds is 6. The van der Waals surface area contributed by atoms with Crippen molar-refractivity contribution in [2.24, 2.45) is 0 Å². The van der Waals surface area contributed by atoms with Gasteiger partial charge in [0.05, 0.1) is 60.9 Å². The molecule has 138 valence electrons. The molecule has 5 rings (SSSR count). The first-order valence-corrected chi connectivity index (χ1v) is 8.60. The minimum atomic E-state index is 0.886. The van der Waals surface area contributed by atoms with Crippen LogP contribution >= 0.6 is 0 Å². The van der Waals surface area contributed by atoms with Gasteiger partial charge in [0.25, 0.3) is 0 Å². The molecule has 10 heteroatoms. The number of hydrogen-bond acceptors (Lipinski definition) is 6. The van der Waals surface area contributed by atoms with E-state index in [1.54, 1.807) is 44.0 Å². The first-order valence-electron chi connectivity index (χ1n) is 8.60. The summed E-state index contributed by atoms with van der Waals surface area (Å²) in [6.07, 6.45) is 14.3. The minimum Gasteiger partial charge on any atom is -0.159 e. The van der Waals surface area contributed by atoms with Crippen molar-refractivity contribution >= 4 is 11.4 Å². The maximum absolute atomic E-state index is 4.33. The van der Waals surface area contributed by atoms with Gasteiger partial charge in [0.15, 0.2) is 0 Å². The average molecular weight is 372 g/mol. The second kappa shape index (κ2) is 6.76. The third-order valence-corrected chi connectivity index (χ3v) is 4.05. The molecular weight excluding hydrogens is 356 g/mol.